The van der Waals surface area contributed by atoms with Gasteiger partial charge in [0.05, 0.1) is 42.2 Å². The standard InChI is InChI=1S/C13H15N3OS/c1-10(15-16-6-8-17-9-7-16)13-14-11-4-2-3-5-12(11)18-13/h2-5H,6-9H2,1H3. The third-order valence-electron chi connectivity index (χ3n) is 2.88. The molecule has 5 heteroatoms. The molecule has 0 aliphatic carbocycles. The van der Waals surface area contributed by atoms with E-state index in [1.807, 2.05) is 25.1 Å². The van der Waals surface area contributed by atoms with Gasteiger partial charge < -0.3 is 4.74 Å². The van der Waals surface area contributed by atoms with Crippen molar-refractivity contribution in [1.29, 1.82) is 0 Å². The van der Waals surface area contributed by atoms with Crippen LogP contribution < -0.4 is 0 Å². The summed E-state index contributed by atoms with van der Waals surface area (Å²) in [5.41, 5.74) is 2.03. The summed E-state index contributed by atoms with van der Waals surface area (Å²) in [6.45, 7) is 5.27. The molecule has 0 spiro atoms. The van der Waals surface area contributed by atoms with E-state index in [0.29, 0.717) is 0 Å². The summed E-state index contributed by atoms with van der Waals surface area (Å²) in [6, 6.07) is 8.19. The second-order valence-corrected chi connectivity index (χ2v) is 5.27. The lowest BCUT2D eigenvalue weighted by Crippen LogP contribution is -2.33. The van der Waals surface area contributed by atoms with Crippen molar-refractivity contribution in [1.82, 2.24) is 9.99 Å². The van der Waals surface area contributed by atoms with Crippen molar-refractivity contribution in [3.05, 3.63) is 29.3 Å². The molecule has 1 aromatic carbocycles. The van der Waals surface area contributed by atoms with Gasteiger partial charge in [0.15, 0.2) is 0 Å². The summed E-state index contributed by atoms with van der Waals surface area (Å²) in [4.78, 5) is 4.61. The molecule has 94 valence electrons. The van der Waals surface area contributed by atoms with Gasteiger partial charge in [-0.2, -0.15) is 5.10 Å². The summed E-state index contributed by atoms with van der Waals surface area (Å²) in [6.07, 6.45) is 0. The molecule has 0 radical (unpaired) electrons. The van der Waals surface area contributed by atoms with Gasteiger partial charge in [-0.1, -0.05) is 12.1 Å². The lowest BCUT2D eigenvalue weighted by molar-refractivity contribution is 0.0393. The van der Waals surface area contributed by atoms with Crippen LogP contribution in [0.3, 0.4) is 0 Å². The molecule has 0 unspecified atom stereocenters. The van der Waals surface area contributed by atoms with E-state index in [2.05, 4.69) is 21.2 Å². The maximum atomic E-state index is 5.31. The van der Waals surface area contributed by atoms with Gasteiger partial charge in [-0.25, -0.2) is 4.98 Å². The molecule has 1 saturated heterocycles. The maximum Gasteiger partial charge on any atom is 0.140 e. The average Bonchev–Trinajstić information content (AvgIpc) is 2.84. The van der Waals surface area contributed by atoms with Crippen LogP contribution >= 0.6 is 11.3 Å². The molecule has 0 bridgehead atoms. The first-order chi connectivity index (χ1) is 8.83. The number of rotatable bonds is 2. The molecule has 0 amide bonds. The summed E-state index contributed by atoms with van der Waals surface area (Å²) < 4.78 is 6.52. The van der Waals surface area contributed by atoms with Crippen LogP contribution in [-0.4, -0.2) is 42.0 Å². The summed E-state index contributed by atoms with van der Waals surface area (Å²) in [7, 11) is 0. The minimum Gasteiger partial charge on any atom is -0.378 e. The van der Waals surface area contributed by atoms with Gasteiger partial charge in [0, 0.05) is 0 Å². The zero-order valence-corrected chi connectivity index (χ0v) is 11.1. The van der Waals surface area contributed by atoms with Crippen LogP contribution in [0.15, 0.2) is 29.4 Å². The Balaban J connectivity index is 1.86. The third-order valence-corrected chi connectivity index (χ3v) is 4.03. The number of benzene rings is 1. The molecule has 1 aliphatic rings. The highest BCUT2D eigenvalue weighted by atomic mass is 32.1. The average molecular weight is 261 g/mol. The third kappa shape index (κ3) is 2.37. The van der Waals surface area contributed by atoms with E-state index < -0.39 is 0 Å². The van der Waals surface area contributed by atoms with Crippen molar-refractivity contribution in [2.45, 2.75) is 6.92 Å². The van der Waals surface area contributed by atoms with Gasteiger partial charge in [0.2, 0.25) is 0 Å². The quantitative estimate of drug-likeness (QED) is 0.779. The van der Waals surface area contributed by atoms with Gasteiger partial charge >= 0.3 is 0 Å². The highest BCUT2D eigenvalue weighted by molar-refractivity contribution is 7.20. The van der Waals surface area contributed by atoms with Crippen LogP contribution in [0, 0.1) is 0 Å². The van der Waals surface area contributed by atoms with Crippen LogP contribution in [0.4, 0.5) is 0 Å². The van der Waals surface area contributed by atoms with E-state index in [-0.39, 0.29) is 0 Å². The number of hydrogen-bond donors (Lipinski definition) is 0. The Morgan fingerprint density at radius 2 is 2.11 bits per heavy atom. The van der Waals surface area contributed by atoms with Gasteiger partial charge in [-0.05, 0) is 19.1 Å². The fraction of sp³-hybridized carbons (Fsp3) is 0.385. The number of fused-ring (bicyclic) bond motifs is 1. The Kier molecular flexibility index (Phi) is 3.25. The number of para-hydroxylation sites is 1. The van der Waals surface area contributed by atoms with Crippen LogP contribution in [0.2, 0.25) is 0 Å². The minimum atomic E-state index is 0.761. The Hall–Kier alpha value is -1.46. The highest BCUT2D eigenvalue weighted by Gasteiger charge is 2.11. The normalized spacial score (nSPS) is 17.4. The second kappa shape index (κ2) is 5.04. The predicted molar refractivity (Wildman–Crippen MR) is 74.2 cm³/mol. The molecule has 0 atom stereocenters. The first kappa shape index (κ1) is 11.6. The lowest BCUT2D eigenvalue weighted by atomic mass is 10.3. The lowest BCUT2D eigenvalue weighted by Gasteiger charge is -2.24. The first-order valence-electron chi connectivity index (χ1n) is 6.07. The Labute approximate surface area is 110 Å². The molecular formula is C13H15N3OS. The molecule has 2 heterocycles. The number of nitrogens with zero attached hydrogens (tertiary/aromatic N) is 3. The number of hydrazone groups is 1. The van der Waals surface area contributed by atoms with Crippen molar-refractivity contribution < 1.29 is 4.74 Å². The number of hydrogen-bond acceptors (Lipinski definition) is 5. The Bertz CT molecular complexity index is 539. The van der Waals surface area contributed by atoms with Crippen molar-refractivity contribution in [2.75, 3.05) is 26.3 Å². The van der Waals surface area contributed by atoms with Crippen molar-refractivity contribution in [3.63, 3.8) is 0 Å². The molecule has 18 heavy (non-hydrogen) atoms. The van der Waals surface area contributed by atoms with Crippen molar-refractivity contribution in [2.24, 2.45) is 5.10 Å². The number of aromatic nitrogens is 1. The second-order valence-electron chi connectivity index (χ2n) is 4.24. The molecular weight excluding hydrogens is 246 g/mol. The first-order valence-corrected chi connectivity index (χ1v) is 6.88. The van der Waals surface area contributed by atoms with E-state index >= 15 is 0 Å². The van der Waals surface area contributed by atoms with Gasteiger partial charge in [0.25, 0.3) is 0 Å². The van der Waals surface area contributed by atoms with Crippen LogP contribution in [0.1, 0.15) is 11.9 Å². The SMILES string of the molecule is CC(=NN1CCOCC1)c1nc2ccccc2s1. The summed E-state index contributed by atoms with van der Waals surface area (Å²) in [5, 5.41) is 7.68. The zero-order chi connectivity index (χ0) is 12.4. The molecule has 1 aromatic heterocycles. The smallest absolute Gasteiger partial charge is 0.140 e. The largest absolute Gasteiger partial charge is 0.378 e. The monoisotopic (exact) mass is 261 g/mol. The summed E-state index contributed by atoms with van der Waals surface area (Å²) in [5.74, 6) is 0. The topological polar surface area (TPSA) is 37.7 Å². The van der Waals surface area contributed by atoms with Gasteiger partial charge in [-0.3, -0.25) is 5.01 Å². The molecule has 1 fully saturated rings. The zero-order valence-electron chi connectivity index (χ0n) is 10.3. The fourth-order valence-corrected chi connectivity index (χ4v) is 2.84. The highest BCUT2D eigenvalue weighted by Crippen LogP contribution is 2.22. The predicted octanol–water partition coefficient (Wildman–Crippen LogP) is 2.35. The molecule has 1 aliphatic heterocycles. The number of morpholine rings is 1. The van der Waals surface area contributed by atoms with Gasteiger partial charge in [-0.15, -0.1) is 11.3 Å². The van der Waals surface area contributed by atoms with E-state index in [0.717, 1.165) is 42.5 Å². The maximum absolute atomic E-state index is 5.31. The fourth-order valence-electron chi connectivity index (χ4n) is 1.94. The Morgan fingerprint density at radius 3 is 2.89 bits per heavy atom. The molecule has 3 rings (SSSR count). The molecule has 0 saturated carbocycles. The van der Waals surface area contributed by atoms with E-state index in [1.165, 1.54) is 4.70 Å². The van der Waals surface area contributed by atoms with Crippen LogP contribution in [0.25, 0.3) is 10.2 Å². The van der Waals surface area contributed by atoms with Crippen molar-refractivity contribution >= 4 is 27.3 Å². The number of ether oxygens (including phenoxy) is 1. The summed E-state index contributed by atoms with van der Waals surface area (Å²) >= 11 is 1.69. The molecule has 0 N–H and O–H groups in total. The van der Waals surface area contributed by atoms with E-state index in [9.17, 15) is 0 Å². The van der Waals surface area contributed by atoms with Crippen molar-refractivity contribution in [3.8, 4) is 0 Å². The minimum absolute atomic E-state index is 0.761. The van der Waals surface area contributed by atoms with E-state index in [4.69, 9.17) is 4.74 Å². The number of thiazole rings is 1. The molecule has 4 nitrogen and oxygen atoms in total. The van der Waals surface area contributed by atoms with Gasteiger partial charge in [0.1, 0.15) is 5.01 Å². The van der Waals surface area contributed by atoms with Crippen LogP contribution in [-0.2, 0) is 4.74 Å². The Morgan fingerprint density at radius 1 is 1.33 bits per heavy atom. The van der Waals surface area contributed by atoms with Crippen LogP contribution in [0.5, 0.6) is 0 Å². The molecule has 2 aromatic rings. The van der Waals surface area contributed by atoms with E-state index in [1.54, 1.807) is 11.3 Å².